The average Bonchev–Trinajstić information content (AvgIpc) is 2.46. The third-order valence-electron chi connectivity index (χ3n) is 3.93. The van der Waals surface area contributed by atoms with Crippen molar-refractivity contribution >= 4 is 17.2 Å². The smallest absolute Gasteiger partial charge is 0.0908 e. The number of hydrogen-bond donors (Lipinski definition) is 0. The van der Waals surface area contributed by atoms with Crippen molar-refractivity contribution in [2.75, 3.05) is 13.1 Å². The maximum Gasteiger partial charge on any atom is 0.0908 e. The first-order valence-electron chi connectivity index (χ1n) is 8.39. The van der Waals surface area contributed by atoms with Gasteiger partial charge in [0.2, 0.25) is 0 Å². The van der Waals surface area contributed by atoms with Crippen LogP contribution in [0.3, 0.4) is 0 Å². The molecule has 0 spiro atoms. The molecule has 0 aliphatic carbocycles. The Balaban J connectivity index is 4.57. The highest BCUT2D eigenvalue weighted by Gasteiger charge is 2.17. The molecule has 0 rings (SSSR count). The fourth-order valence-corrected chi connectivity index (χ4v) is 2.70. The molecule has 0 radical (unpaired) electrons. The summed E-state index contributed by atoms with van der Waals surface area (Å²) in [7, 11) is 0. The highest BCUT2D eigenvalue weighted by atomic mass is 32.1. The van der Waals surface area contributed by atoms with E-state index >= 15 is 0 Å². The van der Waals surface area contributed by atoms with Gasteiger partial charge in [-0.05, 0) is 31.1 Å². The van der Waals surface area contributed by atoms with Crippen LogP contribution in [0, 0.1) is 23.2 Å². The number of nitriles is 1. The molecule has 0 amide bonds. The van der Waals surface area contributed by atoms with Crippen LogP contribution in [-0.2, 0) is 0 Å². The zero-order valence-electron chi connectivity index (χ0n) is 14.3. The molecule has 0 aromatic rings. The summed E-state index contributed by atoms with van der Waals surface area (Å²) in [5.74, 6) is 1.12. The molecular formula is C18H32N2S. The van der Waals surface area contributed by atoms with E-state index in [-0.39, 0.29) is 0 Å². The van der Waals surface area contributed by atoms with Crippen molar-refractivity contribution in [3.63, 3.8) is 0 Å². The van der Waals surface area contributed by atoms with Gasteiger partial charge in [-0.25, -0.2) is 0 Å². The summed E-state index contributed by atoms with van der Waals surface area (Å²) in [4.78, 5) is 3.52. The molecule has 0 unspecified atom stereocenters. The Kier molecular flexibility index (Phi) is 12.3. The van der Waals surface area contributed by atoms with Crippen LogP contribution < -0.4 is 0 Å². The van der Waals surface area contributed by atoms with Gasteiger partial charge < -0.3 is 4.90 Å². The van der Waals surface area contributed by atoms with Gasteiger partial charge in [0.15, 0.2) is 0 Å². The predicted molar refractivity (Wildman–Crippen MR) is 96.3 cm³/mol. The molecule has 3 heteroatoms. The fraction of sp³-hybridized carbons (Fsp3) is 0.778. The van der Waals surface area contributed by atoms with Gasteiger partial charge in [0.05, 0.1) is 11.1 Å². The van der Waals surface area contributed by atoms with E-state index in [1.54, 1.807) is 6.08 Å². The SMILES string of the molecule is CCCCN(CCCC)C(=S)C[C@@H](C/C=C/C#N)C(C)C. The van der Waals surface area contributed by atoms with Crippen LogP contribution in [0.15, 0.2) is 12.2 Å². The summed E-state index contributed by atoms with van der Waals surface area (Å²) in [5, 5.41) is 8.61. The quantitative estimate of drug-likeness (QED) is 0.380. The first kappa shape index (κ1) is 20.1. The molecule has 0 N–H and O–H groups in total. The van der Waals surface area contributed by atoms with Crippen molar-refractivity contribution in [1.82, 2.24) is 4.90 Å². The standard InChI is InChI=1S/C18H32N2S/c1-5-7-13-20(14-8-6-2)18(21)15-17(16(3)4)11-9-10-12-19/h9-10,16-17H,5-8,11,13-15H2,1-4H3/b10-9+/t17-/m1/s1. The van der Waals surface area contributed by atoms with Crippen molar-refractivity contribution < 1.29 is 0 Å². The maximum atomic E-state index is 8.61. The Hall–Kier alpha value is -0.880. The van der Waals surface area contributed by atoms with Crippen molar-refractivity contribution in [3.8, 4) is 6.07 Å². The van der Waals surface area contributed by atoms with E-state index < -0.39 is 0 Å². The Morgan fingerprint density at radius 2 is 1.76 bits per heavy atom. The molecule has 0 aromatic carbocycles. The lowest BCUT2D eigenvalue weighted by molar-refractivity contribution is 0.358. The minimum absolute atomic E-state index is 0.535. The summed E-state index contributed by atoms with van der Waals surface area (Å²) in [6.45, 7) is 11.1. The van der Waals surface area contributed by atoms with E-state index in [9.17, 15) is 0 Å². The lowest BCUT2D eigenvalue weighted by atomic mass is 9.89. The zero-order valence-corrected chi connectivity index (χ0v) is 15.1. The lowest BCUT2D eigenvalue weighted by Crippen LogP contribution is -2.33. The van der Waals surface area contributed by atoms with Gasteiger partial charge in [0.25, 0.3) is 0 Å². The van der Waals surface area contributed by atoms with Crippen molar-refractivity contribution in [2.24, 2.45) is 11.8 Å². The normalized spacial score (nSPS) is 12.6. The molecule has 0 heterocycles. The van der Waals surface area contributed by atoms with Gasteiger partial charge in [-0.1, -0.05) is 58.8 Å². The van der Waals surface area contributed by atoms with Crippen LogP contribution in [0.5, 0.6) is 0 Å². The van der Waals surface area contributed by atoms with E-state index in [1.165, 1.54) is 25.7 Å². The van der Waals surface area contributed by atoms with Crippen LogP contribution in [0.4, 0.5) is 0 Å². The number of thiocarbonyl (C=S) groups is 1. The van der Waals surface area contributed by atoms with Crippen LogP contribution in [0.2, 0.25) is 0 Å². The molecule has 2 nitrogen and oxygen atoms in total. The minimum atomic E-state index is 0.535. The number of nitrogens with zero attached hydrogens (tertiary/aromatic N) is 2. The van der Waals surface area contributed by atoms with Crippen molar-refractivity contribution in [3.05, 3.63) is 12.2 Å². The second-order valence-corrected chi connectivity index (χ2v) is 6.53. The van der Waals surface area contributed by atoms with Gasteiger partial charge in [0, 0.05) is 25.6 Å². The number of allylic oxidation sites excluding steroid dienone is 2. The molecule has 0 saturated heterocycles. The molecule has 1 atom stereocenters. The maximum absolute atomic E-state index is 8.61. The number of hydrogen-bond acceptors (Lipinski definition) is 2. The zero-order chi connectivity index (χ0) is 16.1. The van der Waals surface area contributed by atoms with Crippen LogP contribution in [-0.4, -0.2) is 23.0 Å². The highest BCUT2D eigenvalue weighted by molar-refractivity contribution is 7.80. The first-order valence-corrected chi connectivity index (χ1v) is 8.79. The third-order valence-corrected chi connectivity index (χ3v) is 4.35. The van der Waals surface area contributed by atoms with E-state index in [4.69, 9.17) is 17.5 Å². The largest absolute Gasteiger partial charge is 0.366 e. The molecule has 0 fully saturated rings. The monoisotopic (exact) mass is 308 g/mol. The molecule has 0 aliphatic rings. The van der Waals surface area contributed by atoms with Crippen molar-refractivity contribution in [1.29, 1.82) is 5.26 Å². The summed E-state index contributed by atoms with van der Waals surface area (Å²) in [5.41, 5.74) is 0. The molecule has 0 saturated carbocycles. The minimum Gasteiger partial charge on any atom is -0.366 e. The summed E-state index contributed by atoms with van der Waals surface area (Å²) in [6.07, 6.45) is 10.3. The van der Waals surface area contributed by atoms with E-state index in [2.05, 4.69) is 38.7 Å². The highest BCUT2D eigenvalue weighted by Crippen LogP contribution is 2.22. The van der Waals surface area contributed by atoms with Crippen LogP contribution in [0.1, 0.15) is 66.2 Å². The van der Waals surface area contributed by atoms with Gasteiger partial charge in [0.1, 0.15) is 0 Å². The Morgan fingerprint density at radius 1 is 1.19 bits per heavy atom. The van der Waals surface area contributed by atoms with Crippen molar-refractivity contribution in [2.45, 2.75) is 66.2 Å². The first-order chi connectivity index (χ1) is 10.1. The van der Waals surface area contributed by atoms with E-state index in [1.807, 2.05) is 6.08 Å². The number of unbranched alkanes of at least 4 members (excludes halogenated alkanes) is 2. The molecule has 21 heavy (non-hydrogen) atoms. The molecular weight excluding hydrogens is 276 g/mol. The van der Waals surface area contributed by atoms with E-state index in [0.717, 1.165) is 30.9 Å². The second-order valence-electron chi connectivity index (χ2n) is 6.06. The Bertz CT molecular complexity index is 334. The van der Waals surface area contributed by atoms with Crippen LogP contribution in [0.25, 0.3) is 0 Å². The van der Waals surface area contributed by atoms with Gasteiger partial charge >= 0.3 is 0 Å². The Labute approximate surface area is 137 Å². The second kappa shape index (κ2) is 12.8. The van der Waals surface area contributed by atoms with Gasteiger partial charge in [-0.2, -0.15) is 5.26 Å². The number of rotatable bonds is 11. The topological polar surface area (TPSA) is 27.0 Å². The molecule has 0 aliphatic heterocycles. The third kappa shape index (κ3) is 9.63. The summed E-state index contributed by atoms with van der Waals surface area (Å²) in [6, 6.07) is 2.07. The summed E-state index contributed by atoms with van der Waals surface area (Å²) >= 11 is 5.71. The summed E-state index contributed by atoms with van der Waals surface area (Å²) < 4.78 is 0. The van der Waals surface area contributed by atoms with Crippen LogP contribution >= 0.6 is 12.2 Å². The molecule has 0 aromatic heterocycles. The molecule has 120 valence electrons. The van der Waals surface area contributed by atoms with Gasteiger partial charge in [-0.3, -0.25) is 0 Å². The van der Waals surface area contributed by atoms with E-state index in [0.29, 0.717) is 11.8 Å². The van der Waals surface area contributed by atoms with Gasteiger partial charge in [-0.15, -0.1) is 0 Å². The lowest BCUT2D eigenvalue weighted by Gasteiger charge is -2.29. The fourth-order valence-electron chi connectivity index (χ4n) is 2.30. The molecule has 0 bridgehead atoms. The Morgan fingerprint density at radius 3 is 2.19 bits per heavy atom. The predicted octanol–water partition coefficient (Wildman–Crippen LogP) is 5.35. The average molecular weight is 309 g/mol.